The number of hydrogen-bond acceptors (Lipinski definition) is 3. The minimum Gasteiger partial charge on any atom is -0.356 e. The molecular formula is C19H26ClIN6. The normalized spacial score (nSPS) is 20.4. The van der Waals surface area contributed by atoms with Crippen molar-refractivity contribution in [3.8, 4) is 0 Å². The van der Waals surface area contributed by atoms with Crippen molar-refractivity contribution in [2.24, 2.45) is 4.99 Å². The quantitative estimate of drug-likeness (QED) is 0.385. The molecule has 0 spiro atoms. The number of nitrogens with one attached hydrogen (secondary N) is 2. The van der Waals surface area contributed by atoms with Crippen molar-refractivity contribution in [2.75, 3.05) is 13.6 Å². The van der Waals surface area contributed by atoms with Gasteiger partial charge in [-0.1, -0.05) is 23.7 Å². The molecule has 27 heavy (non-hydrogen) atoms. The number of rotatable bonds is 4. The topological polar surface area (TPSA) is 67.1 Å². The van der Waals surface area contributed by atoms with E-state index in [1.165, 1.54) is 18.4 Å². The van der Waals surface area contributed by atoms with Crippen LogP contribution in [-0.2, 0) is 18.4 Å². The summed E-state index contributed by atoms with van der Waals surface area (Å²) in [7, 11) is 1.82. The number of benzene rings is 1. The highest BCUT2D eigenvalue weighted by atomic mass is 127. The van der Waals surface area contributed by atoms with Crippen LogP contribution in [0.3, 0.4) is 0 Å². The Hall–Kier alpha value is -1.35. The SMILES string of the molecule is CN=C(NCC1(c2cccc(Cl)c2)CC1)NC1CCc2nc(C)nn2C1.I. The van der Waals surface area contributed by atoms with Crippen LogP contribution in [0, 0.1) is 6.92 Å². The van der Waals surface area contributed by atoms with Gasteiger partial charge in [0.25, 0.3) is 0 Å². The van der Waals surface area contributed by atoms with Crippen molar-refractivity contribution in [2.45, 2.75) is 50.6 Å². The monoisotopic (exact) mass is 500 g/mol. The molecule has 1 aromatic carbocycles. The van der Waals surface area contributed by atoms with E-state index >= 15 is 0 Å². The maximum Gasteiger partial charge on any atom is 0.191 e. The van der Waals surface area contributed by atoms with Gasteiger partial charge in [0.2, 0.25) is 0 Å². The van der Waals surface area contributed by atoms with Gasteiger partial charge >= 0.3 is 0 Å². The van der Waals surface area contributed by atoms with Gasteiger partial charge in [0.05, 0.1) is 6.54 Å². The molecule has 8 heteroatoms. The lowest BCUT2D eigenvalue weighted by atomic mass is 9.96. The number of aromatic nitrogens is 3. The van der Waals surface area contributed by atoms with Crippen molar-refractivity contribution in [3.05, 3.63) is 46.5 Å². The maximum atomic E-state index is 6.17. The molecule has 0 radical (unpaired) electrons. The molecule has 0 bridgehead atoms. The Morgan fingerprint density at radius 1 is 1.41 bits per heavy atom. The van der Waals surface area contributed by atoms with Gasteiger partial charge in [-0.05, 0) is 43.9 Å². The molecule has 1 unspecified atom stereocenters. The number of aliphatic imine (C=N–C) groups is 1. The molecule has 1 aliphatic heterocycles. The second-order valence-electron chi connectivity index (χ2n) is 7.35. The average molecular weight is 501 g/mol. The van der Waals surface area contributed by atoms with E-state index in [-0.39, 0.29) is 29.4 Å². The Morgan fingerprint density at radius 2 is 2.22 bits per heavy atom. The molecule has 2 aromatic rings. The Labute approximate surface area is 182 Å². The Morgan fingerprint density at radius 3 is 2.93 bits per heavy atom. The zero-order valence-corrected chi connectivity index (χ0v) is 18.8. The van der Waals surface area contributed by atoms with E-state index in [9.17, 15) is 0 Å². The van der Waals surface area contributed by atoms with Crippen LogP contribution in [0.2, 0.25) is 5.02 Å². The van der Waals surface area contributed by atoms with Crippen molar-refractivity contribution >= 4 is 41.5 Å². The second kappa shape index (κ2) is 8.34. The highest BCUT2D eigenvalue weighted by Gasteiger charge is 2.44. The first kappa shape index (κ1) is 20.4. The number of nitrogens with zero attached hydrogens (tertiary/aromatic N) is 4. The van der Waals surface area contributed by atoms with Gasteiger partial charge in [-0.25, -0.2) is 9.67 Å². The van der Waals surface area contributed by atoms with Gasteiger partial charge in [-0.3, -0.25) is 4.99 Å². The van der Waals surface area contributed by atoms with Crippen LogP contribution in [0.1, 0.15) is 36.5 Å². The molecule has 1 aliphatic carbocycles. The van der Waals surface area contributed by atoms with Crippen molar-refractivity contribution < 1.29 is 0 Å². The van der Waals surface area contributed by atoms with E-state index in [1.54, 1.807) is 0 Å². The number of hydrogen-bond donors (Lipinski definition) is 2. The summed E-state index contributed by atoms with van der Waals surface area (Å²) in [5.41, 5.74) is 1.50. The summed E-state index contributed by atoms with van der Waals surface area (Å²) in [6, 6.07) is 8.54. The molecule has 0 amide bonds. The summed E-state index contributed by atoms with van der Waals surface area (Å²) >= 11 is 6.17. The van der Waals surface area contributed by atoms with Crippen molar-refractivity contribution in [1.82, 2.24) is 25.4 Å². The zero-order valence-electron chi connectivity index (χ0n) is 15.7. The van der Waals surface area contributed by atoms with E-state index in [0.717, 1.165) is 48.6 Å². The van der Waals surface area contributed by atoms with Crippen LogP contribution < -0.4 is 10.6 Å². The number of aryl methyl sites for hydroxylation is 2. The molecule has 2 N–H and O–H groups in total. The first-order valence-corrected chi connectivity index (χ1v) is 9.59. The third-order valence-corrected chi connectivity index (χ3v) is 5.65. The number of guanidine groups is 1. The minimum absolute atomic E-state index is 0. The Balaban J connectivity index is 0.00000210. The summed E-state index contributed by atoms with van der Waals surface area (Å²) in [6.07, 6.45) is 4.35. The summed E-state index contributed by atoms with van der Waals surface area (Å²) in [5, 5.41) is 12.3. The molecule has 0 saturated heterocycles. The average Bonchev–Trinajstić information content (AvgIpc) is 3.33. The molecule has 2 aliphatic rings. The smallest absolute Gasteiger partial charge is 0.191 e. The van der Waals surface area contributed by atoms with Gasteiger partial charge in [-0.2, -0.15) is 5.10 Å². The Bertz CT molecular complexity index is 829. The summed E-state index contributed by atoms with van der Waals surface area (Å²) in [6.45, 7) is 3.64. The molecular weight excluding hydrogens is 475 g/mol. The largest absolute Gasteiger partial charge is 0.356 e. The van der Waals surface area contributed by atoms with Gasteiger partial charge < -0.3 is 10.6 Å². The van der Waals surface area contributed by atoms with Crippen molar-refractivity contribution in [1.29, 1.82) is 0 Å². The van der Waals surface area contributed by atoms with Gasteiger partial charge in [-0.15, -0.1) is 24.0 Å². The van der Waals surface area contributed by atoms with Gasteiger partial charge in [0.1, 0.15) is 11.6 Å². The molecule has 4 rings (SSSR count). The van der Waals surface area contributed by atoms with Crippen LogP contribution >= 0.6 is 35.6 Å². The van der Waals surface area contributed by atoms with Gasteiger partial charge in [0, 0.05) is 36.5 Å². The first-order valence-electron chi connectivity index (χ1n) is 9.21. The Kier molecular flexibility index (Phi) is 6.30. The van der Waals surface area contributed by atoms with E-state index in [4.69, 9.17) is 11.6 Å². The molecule has 1 atom stereocenters. The predicted octanol–water partition coefficient (Wildman–Crippen LogP) is 3.07. The third kappa shape index (κ3) is 4.56. The van der Waals surface area contributed by atoms with E-state index < -0.39 is 0 Å². The fraction of sp³-hybridized carbons (Fsp3) is 0.526. The highest BCUT2D eigenvalue weighted by Crippen LogP contribution is 2.48. The van der Waals surface area contributed by atoms with Crippen LogP contribution in [0.15, 0.2) is 29.3 Å². The van der Waals surface area contributed by atoms with Crippen LogP contribution in [0.4, 0.5) is 0 Å². The summed E-state index contributed by atoms with van der Waals surface area (Å²) in [4.78, 5) is 8.88. The third-order valence-electron chi connectivity index (χ3n) is 5.41. The van der Waals surface area contributed by atoms with Crippen molar-refractivity contribution in [3.63, 3.8) is 0 Å². The molecule has 1 aromatic heterocycles. The predicted molar refractivity (Wildman–Crippen MR) is 119 cm³/mol. The van der Waals surface area contributed by atoms with Crippen LogP contribution in [0.5, 0.6) is 0 Å². The lowest BCUT2D eigenvalue weighted by Crippen LogP contribution is -2.48. The van der Waals surface area contributed by atoms with Gasteiger partial charge in [0.15, 0.2) is 5.96 Å². The molecule has 2 heterocycles. The van der Waals surface area contributed by atoms with E-state index in [1.807, 2.05) is 30.8 Å². The standard InChI is InChI=1S/C19H25ClN6.HI/c1-13-23-17-7-6-16(11-26(17)25-13)24-18(21-2)22-12-19(8-9-19)14-4-3-5-15(20)10-14;/h3-5,10,16H,6-9,11-12H2,1-2H3,(H2,21,22,24);1H. The lowest BCUT2D eigenvalue weighted by Gasteiger charge is -2.26. The highest BCUT2D eigenvalue weighted by molar-refractivity contribution is 14.0. The maximum absolute atomic E-state index is 6.17. The molecule has 1 saturated carbocycles. The minimum atomic E-state index is 0. The zero-order chi connectivity index (χ0) is 18.1. The van der Waals surface area contributed by atoms with E-state index in [2.05, 4.69) is 37.8 Å². The summed E-state index contributed by atoms with van der Waals surface area (Å²) < 4.78 is 2.01. The van der Waals surface area contributed by atoms with Crippen LogP contribution in [0.25, 0.3) is 0 Å². The molecule has 1 fully saturated rings. The number of fused-ring (bicyclic) bond motifs is 1. The van der Waals surface area contributed by atoms with E-state index in [0.29, 0.717) is 6.04 Å². The second-order valence-corrected chi connectivity index (χ2v) is 7.79. The van der Waals surface area contributed by atoms with Crippen LogP contribution in [-0.4, -0.2) is 40.4 Å². The number of halogens is 2. The fourth-order valence-corrected chi connectivity index (χ4v) is 3.92. The fourth-order valence-electron chi connectivity index (χ4n) is 3.73. The summed E-state index contributed by atoms with van der Waals surface area (Å²) in [5.74, 6) is 2.78. The lowest BCUT2D eigenvalue weighted by molar-refractivity contribution is 0.392. The molecule has 6 nitrogen and oxygen atoms in total. The first-order chi connectivity index (χ1) is 12.6. The molecule has 146 valence electrons.